The molecule has 80 valence electrons. The van der Waals surface area contributed by atoms with Gasteiger partial charge in [0.1, 0.15) is 0 Å². The number of benzene rings is 1. The van der Waals surface area contributed by atoms with Crippen molar-refractivity contribution in [1.29, 1.82) is 0 Å². The van der Waals surface area contributed by atoms with E-state index in [0.717, 1.165) is 15.3 Å². The molecule has 2 aromatic rings. The van der Waals surface area contributed by atoms with Crippen molar-refractivity contribution in [3.63, 3.8) is 0 Å². The molecular formula is C12H13BrS2. The van der Waals surface area contributed by atoms with Gasteiger partial charge in [0.15, 0.2) is 0 Å². The van der Waals surface area contributed by atoms with E-state index < -0.39 is 0 Å². The molecule has 0 atom stereocenters. The molecule has 0 saturated carbocycles. The summed E-state index contributed by atoms with van der Waals surface area (Å²) in [5.74, 6) is 0.719. The minimum atomic E-state index is 0.719. The molecule has 1 aromatic heterocycles. The lowest BCUT2D eigenvalue weighted by atomic mass is 10.1. The smallest absolute Gasteiger partial charge is 0.0357 e. The van der Waals surface area contributed by atoms with Gasteiger partial charge in [0.25, 0.3) is 0 Å². The van der Waals surface area contributed by atoms with Gasteiger partial charge >= 0.3 is 0 Å². The zero-order valence-corrected chi connectivity index (χ0v) is 12.0. The highest BCUT2D eigenvalue weighted by atomic mass is 79.9. The van der Waals surface area contributed by atoms with Gasteiger partial charge in [-0.25, -0.2) is 0 Å². The van der Waals surface area contributed by atoms with Crippen molar-refractivity contribution in [2.45, 2.75) is 25.2 Å². The minimum absolute atomic E-state index is 0.719. The van der Waals surface area contributed by atoms with E-state index in [1.165, 1.54) is 21.4 Å². The average molecular weight is 301 g/mol. The molecule has 0 amide bonds. The van der Waals surface area contributed by atoms with E-state index in [9.17, 15) is 0 Å². The molecule has 0 N–H and O–H groups in total. The largest absolute Gasteiger partial charge is 0.142 e. The first-order valence-corrected chi connectivity index (χ1v) is 7.03. The van der Waals surface area contributed by atoms with Crippen LogP contribution in [0, 0.1) is 5.92 Å². The summed E-state index contributed by atoms with van der Waals surface area (Å²) in [4.78, 5) is 2.48. The number of halogens is 1. The van der Waals surface area contributed by atoms with E-state index in [2.05, 4.69) is 60.6 Å². The van der Waals surface area contributed by atoms with Gasteiger partial charge in [0.2, 0.25) is 0 Å². The molecule has 0 aliphatic rings. The highest BCUT2D eigenvalue weighted by Gasteiger charge is 2.06. The third-order valence-corrected chi connectivity index (χ3v) is 4.70. The fourth-order valence-electron chi connectivity index (χ4n) is 1.61. The number of hydrogen-bond acceptors (Lipinski definition) is 2. The maximum Gasteiger partial charge on any atom is 0.0357 e. The van der Waals surface area contributed by atoms with Crippen molar-refractivity contribution < 1.29 is 0 Å². The second kappa shape index (κ2) is 4.48. The Balaban J connectivity index is 2.47. The van der Waals surface area contributed by atoms with Gasteiger partial charge in [0, 0.05) is 18.9 Å². The van der Waals surface area contributed by atoms with E-state index >= 15 is 0 Å². The standard InChI is InChI=1S/C12H13BrS2/c1-7(2)3-9-4-8-5-10(13)11(14)6-12(8)15-9/h4-7,14H,3H2,1-2H3. The maximum atomic E-state index is 4.41. The molecule has 2 rings (SSSR count). The summed E-state index contributed by atoms with van der Waals surface area (Å²) < 4.78 is 2.41. The fourth-order valence-corrected chi connectivity index (χ4v) is 3.55. The molecule has 0 aliphatic carbocycles. The number of hydrogen-bond donors (Lipinski definition) is 1. The molecule has 0 fully saturated rings. The molecule has 1 aromatic carbocycles. The lowest BCUT2D eigenvalue weighted by molar-refractivity contribution is 0.654. The van der Waals surface area contributed by atoms with Crippen LogP contribution in [0.2, 0.25) is 0 Å². The van der Waals surface area contributed by atoms with Crippen LogP contribution in [0.3, 0.4) is 0 Å². The zero-order chi connectivity index (χ0) is 11.0. The van der Waals surface area contributed by atoms with Gasteiger partial charge in [-0.1, -0.05) is 13.8 Å². The van der Waals surface area contributed by atoms with Crippen LogP contribution < -0.4 is 0 Å². The third kappa shape index (κ3) is 2.58. The predicted octanol–water partition coefficient (Wildman–Crippen LogP) is 5.15. The topological polar surface area (TPSA) is 0 Å². The molecule has 0 nitrogen and oxygen atoms in total. The van der Waals surface area contributed by atoms with Crippen LogP contribution in [0.1, 0.15) is 18.7 Å². The normalized spacial score (nSPS) is 11.5. The number of fused-ring (bicyclic) bond motifs is 1. The van der Waals surface area contributed by atoms with Crippen LogP contribution in [0.5, 0.6) is 0 Å². The van der Waals surface area contributed by atoms with Crippen molar-refractivity contribution in [2.24, 2.45) is 5.92 Å². The Morgan fingerprint density at radius 2 is 2.07 bits per heavy atom. The number of thiol groups is 1. The zero-order valence-electron chi connectivity index (χ0n) is 8.75. The number of thiophene rings is 1. The van der Waals surface area contributed by atoms with Crippen LogP contribution in [0.15, 0.2) is 27.6 Å². The van der Waals surface area contributed by atoms with Crippen LogP contribution in [0.4, 0.5) is 0 Å². The van der Waals surface area contributed by atoms with E-state index in [1.807, 2.05) is 11.3 Å². The molecular weight excluding hydrogens is 288 g/mol. The Morgan fingerprint density at radius 3 is 2.73 bits per heavy atom. The minimum Gasteiger partial charge on any atom is -0.142 e. The predicted molar refractivity (Wildman–Crippen MR) is 75.3 cm³/mol. The van der Waals surface area contributed by atoms with Crippen LogP contribution >= 0.6 is 39.9 Å². The maximum absolute atomic E-state index is 4.41. The van der Waals surface area contributed by atoms with Gasteiger partial charge in [-0.3, -0.25) is 0 Å². The highest BCUT2D eigenvalue weighted by molar-refractivity contribution is 9.10. The van der Waals surface area contributed by atoms with Crippen molar-refractivity contribution in [3.05, 3.63) is 27.5 Å². The molecule has 0 spiro atoms. The Labute approximate surface area is 108 Å². The monoisotopic (exact) mass is 300 g/mol. The van der Waals surface area contributed by atoms with Crippen LogP contribution in [-0.2, 0) is 6.42 Å². The molecule has 15 heavy (non-hydrogen) atoms. The van der Waals surface area contributed by atoms with Gasteiger partial charge in [-0.2, -0.15) is 0 Å². The van der Waals surface area contributed by atoms with Gasteiger partial charge in [-0.15, -0.1) is 24.0 Å². The summed E-state index contributed by atoms with van der Waals surface area (Å²) in [6.07, 6.45) is 1.17. The molecule has 0 radical (unpaired) electrons. The van der Waals surface area contributed by atoms with Gasteiger partial charge in [0.05, 0.1) is 0 Å². The molecule has 0 saturated heterocycles. The quantitative estimate of drug-likeness (QED) is 0.729. The number of rotatable bonds is 2. The van der Waals surface area contributed by atoms with Gasteiger partial charge < -0.3 is 0 Å². The lowest BCUT2D eigenvalue weighted by Crippen LogP contribution is -1.89. The Hall–Kier alpha value is 0.01000. The first-order valence-electron chi connectivity index (χ1n) is 4.97. The summed E-state index contributed by atoms with van der Waals surface area (Å²) >= 11 is 9.80. The van der Waals surface area contributed by atoms with Crippen molar-refractivity contribution >= 4 is 50.0 Å². The van der Waals surface area contributed by atoms with Crippen molar-refractivity contribution in [3.8, 4) is 0 Å². The summed E-state index contributed by atoms with van der Waals surface area (Å²) in [6.45, 7) is 4.51. The van der Waals surface area contributed by atoms with E-state index in [-0.39, 0.29) is 0 Å². The summed E-state index contributed by atoms with van der Waals surface area (Å²) in [5, 5.41) is 1.32. The highest BCUT2D eigenvalue weighted by Crippen LogP contribution is 2.33. The second-order valence-electron chi connectivity index (χ2n) is 4.15. The first-order chi connectivity index (χ1) is 7.06. The van der Waals surface area contributed by atoms with E-state index in [4.69, 9.17) is 0 Å². The van der Waals surface area contributed by atoms with Crippen molar-refractivity contribution in [2.75, 3.05) is 0 Å². The molecule has 0 aliphatic heterocycles. The SMILES string of the molecule is CC(C)Cc1cc2cc(Br)c(S)cc2s1. The van der Waals surface area contributed by atoms with Crippen LogP contribution in [0.25, 0.3) is 10.1 Å². The Kier molecular flexibility index (Phi) is 3.43. The summed E-state index contributed by atoms with van der Waals surface area (Å²) in [7, 11) is 0. The first kappa shape index (κ1) is 11.5. The average Bonchev–Trinajstić information content (AvgIpc) is 2.46. The fraction of sp³-hybridized carbons (Fsp3) is 0.333. The van der Waals surface area contributed by atoms with Crippen molar-refractivity contribution in [1.82, 2.24) is 0 Å². The summed E-state index contributed by atoms with van der Waals surface area (Å²) in [5.41, 5.74) is 0. The Morgan fingerprint density at radius 1 is 1.33 bits per heavy atom. The van der Waals surface area contributed by atoms with E-state index in [0.29, 0.717) is 0 Å². The molecule has 1 heterocycles. The second-order valence-corrected chi connectivity index (χ2v) is 6.66. The van der Waals surface area contributed by atoms with Crippen LogP contribution in [-0.4, -0.2) is 0 Å². The third-order valence-electron chi connectivity index (χ3n) is 2.25. The molecule has 0 unspecified atom stereocenters. The summed E-state index contributed by atoms with van der Waals surface area (Å²) in [6, 6.07) is 6.58. The van der Waals surface area contributed by atoms with Gasteiger partial charge in [-0.05, 0) is 51.9 Å². The Bertz CT molecular complexity index is 447. The molecule has 0 bridgehead atoms. The lowest BCUT2D eigenvalue weighted by Gasteiger charge is -1.98. The molecule has 3 heteroatoms. The van der Waals surface area contributed by atoms with E-state index in [1.54, 1.807) is 0 Å².